The van der Waals surface area contributed by atoms with Gasteiger partial charge in [0.2, 0.25) is 5.91 Å². The van der Waals surface area contributed by atoms with Gasteiger partial charge in [0, 0.05) is 59.0 Å². The lowest BCUT2D eigenvalue weighted by molar-refractivity contribution is -0.141. The van der Waals surface area contributed by atoms with Gasteiger partial charge in [-0.05, 0) is 37.3 Å². The molecule has 2 aliphatic rings. The van der Waals surface area contributed by atoms with E-state index in [4.69, 9.17) is 14.5 Å². The predicted molar refractivity (Wildman–Crippen MR) is 140 cm³/mol. The Morgan fingerprint density at radius 3 is 2.78 bits per heavy atom. The van der Waals surface area contributed by atoms with Gasteiger partial charge in [0.1, 0.15) is 0 Å². The van der Waals surface area contributed by atoms with Crippen LogP contribution in [0.5, 0.6) is 0 Å². The highest BCUT2D eigenvalue weighted by Crippen LogP contribution is 2.29. The highest BCUT2D eigenvalue weighted by molar-refractivity contribution is 5.79. The molecule has 0 spiro atoms. The molecule has 0 aliphatic carbocycles. The van der Waals surface area contributed by atoms with Crippen molar-refractivity contribution < 1.29 is 19.4 Å². The van der Waals surface area contributed by atoms with Crippen LogP contribution in [0.4, 0.5) is 0 Å². The van der Waals surface area contributed by atoms with Crippen molar-refractivity contribution in [2.75, 3.05) is 59.7 Å². The Bertz CT molecular complexity index is 974. The quantitative estimate of drug-likeness (QED) is 0.360. The molecule has 9 nitrogen and oxygen atoms in total. The molecule has 2 aromatic rings. The predicted octanol–water partition coefficient (Wildman–Crippen LogP) is 2.25. The Hall–Kier alpha value is -2.04. The zero-order valence-electron chi connectivity index (χ0n) is 22.1. The average Bonchev–Trinajstić information content (AvgIpc) is 3.28. The minimum absolute atomic E-state index is 0.0351. The van der Waals surface area contributed by atoms with Gasteiger partial charge in [0.25, 0.3) is 0 Å². The topological polar surface area (TPSA) is 92.1 Å². The maximum atomic E-state index is 13.2. The van der Waals surface area contributed by atoms with E-state index in [1.807, 2.05) is 23.1 Å². The molecule has 1 amide bonds. The van der Waals surface area contributed by atoms with Gasteiger partial charge in [-0.2, -0.15) is 0 Å². The molecule has 2 fully saturated rings. The first-order valence-electron chi connectivity index (χ1n) is 13.4. The van der Waals surface area contributed by atoms with Crippen molar-refractivity contribution in [1.29, 1.82) is 0 Å². The van der Waals surface area contributed by atoms with Gasteiger partial charge in [-0.3, -0.25) is 9.69 Å². The second-order valence-electron chi connectivity index (χ2n) is 10.5. The van der Waals surface area contributed by atoms with Gasteiger partial charge >= 0.3 is 0 Å². The number of fused-ring (bicyclic) bond motifs is 1. The molecule has 2 saturated heterocycles. The lowest BCUT2D eigenvalue weighted by Gasteiger charge is -2.41. The summed E-state index contributed by atoms with van der Waals surface area (Å²) in [5.74, 6) is 1.13. The number of nitrogens with one attached hydrogen (secondary N) is 1. The molecule has 2 aliphatic heterocycles. The van der Waals surface area contributed by atoms with Gasteiger partial charge in [-0.1, -0.05) is 26.0 Å². The van der Waals surface area contributed by atoms with Crippen LogP contribution in [0.15, 0.2) is 24.3 Å². The number of piperidine rings is 1. The Morgan fingerprint density at radius 1 is 1.25 bits per heavy atom. The average molecular weight is 502 g/mol. The summed E-state index contributed by atoms with van der Waals surface area (Å²) in [6.45, 7) is 10.5. The first-order valence-corrected chi connectivity index (χ1v) is 13.4. The van der Waals surface area contributed by atoms with Crippen molar-refractivity contribution in [2.24, 2.45) is 11.8 Å². The van der Waals surface area contributed by atoms with Gasteiger partial charge in [0.15, 0.2) is 12.1 Å². The van der Waals surface area contributed by atoms with Crippen molar-refractivity contribution in [1.82, 2.24) is 24.7 Å². The number of methoxy groups -OCH3 is 1. The number of para-hydroxylation sites is 2. The summed E-state index contributed by atoms with van der Waals surface area (Å²) in [6, 6.07) is 8.11. The van der Waals surface area contributed by atoms with Crippen LogP contribution < -0.4 is 5.32 Å². The monoisotopic (exact) mass is 501 g/mol. The molecule has 0 radical (unpaired) electrons. The Kier molecular flexibility index (Phi) is 9.73. The molecule has 1 aromatic heterocycles. The maximum Gasteiger partial charge on any atom is 0.227 e. The van der Waals surface area contributed by atoms with Crippen LogP contribution in [0, 0.1) is 11.8 Å². The van der Waals surface area contributed by atoms with Crippen LogP contribution in [0.1, 0.15) is 45.2 Å². The van der Waals surface area contributed by atoms with Crippen molar-refractivity contribution in [3.05, 3.63) is 30.1 Å². The van der Waals surface area contributed by atoms with Gasteiger partial charge in [-0.25, -0.2) is 4.98 Å². The number of imidazole rings is 1. The molecule has 1 aromatic carbocycles. The number of aryl methyl sites for hydroxylation is 1. The number of aliphatic hydroxyl groups excluding tert-OH is 1. The van der Waals surface area contributed by atoms with Crippen LogP contribution in [0.2, 0.25) is 0 Å². The molecular weight excluding hydrogens is 458 g/mol. The highest BCUT2D eigenvalue weighted by atomic mass is 16.5. The fraction of sp³-hybridized carbons (Fsp3) is 0.704. The fourth-order valence-corrected chi connectivity index (χ4v) is 5.46. The molecular formula is C27H43N5O4. The molecule has 3 atom stereocenters. The number of hydrogen-bond donors (Lipinski definition) is 2. The van der Waals surface area contributed by atoms with Crippen LogP contribution in [0.25, 0.3) is 11.0 Å². The van der Waals surface area contributed by atoms with Gasteiger partial charge in [-0.15, -0.1) is 0 Å². The molecule has 2 unspecified atom stereocenters. The van der Waals surface area contributed by atoms with Crippen molar-refractivity contribution in [3.63, 3.8) is 0 Å². The second kappa shape index (κ2) is 13.0. The number of amides is 1. The minimum Gasteiger partial charge on any atom is -0.385 e. The number of hydrogen-bond acceptors (Lipinski definition) is 7. The number of aromatic nitrogens is 2. The zero-order chi connectivity index (χ0) is 25.5. The molecule has 0 saturated carbocycles. The summed E-state index contributed by atoms with van der Waals surface area (Å²) in [5.41, 5.74) is 1.93. The van der Waals surface area contributed by atoms with Crippen LogP contribution in [-0.4, -0.2) is 96.1 Å². The fourth-order valence-electron chi connectivity index (χ4n) is 5.46. The number of ether oxygens (including phenoxy) is 2. The third kappa shape index (κ3) is 6.44. The standard InChI is InChI=1S/C27H43N5O4/c1-20(2)19-32(22-16-21(17-28-18-22)26(33)30-11-14-36-15-12-30)27(34)25-29-23-8-4-5-9-24(23)31(25)10-6-7-13-35-3/h4-5,8-9,20-22,27-28,34H,6-7,10-19H2,1-3H3/t21?,22-,27?/m0/s1. The number of unbranched alkanes of at least 4 members (excludes halogenated alkanes) is 1. The number of aliphatic hydroxyl groups is 1. The van der Waals surface area contributed by atoms with Gasteiger partial charge in [0.05, 0.1) is 30.2 Å². The van der Waals surface area contributed by atoms with Gasteiger partial charge < -0.3 is 29.4 Å². The van der Waals surface area contributed by atoms with E-state index in [0.717, 1.165) is 56.5 Å². The molecule has 200 valence electrons. The Labute approximate surface area is 214 Å². The largest absolute Gasteiger partial charge is 0.385 e. The zero-order valence-corrected chi connectivity index (χ0v) is 22.1. The molecule has 2 N–H and O–H groups in total. The number of carbonyl (C=O) groups excluding carboxylic acids is 1. The molecule has 36 heavy (non-hydrogen) atoms. The summed E-state index contributed by atoms with van der Waals surface area (Å²) < 4.78 is 12.8. The van der Waals surface area contributed by atoms with E-state index in [1.54, 1.807) is 7.11 Å². The second-order valence-corrected chi connectivity index (χ2v) is 10.5. The third-order valence-corrected chi connectivity index (χ3v) is 7.25. The number of morpholine rings is 1. The van der Waals surface area contributed by atoms with E-state index in [2.05, 4.69) is 34.7 Å². The summed E-state index contributed by atoms with van der Waals surface area (Å²) in [4.78, 5) is 22.2. The number of rotatable bonds is 11. The molecule has 3 heterocycles. The van der Waals surface area contributed by atoms with E-state index in [1.165, 1.54) is 0 Å². The van der Waals surface area contributed by atoms with Crippen molar-refractivity contribution in [3.8, 4) is 0 Å². The number of carbonyl (C=O) groups is 1. The van der Waals surface area contributed by atoms with Crippen molar-refractivity contribution >= 4 is 16.9 Å². The maximum absolute atomic E-state index is 13.2. The summed E-state index contributed by atoms with van der Waals surface area (Å²) in [7, 11) is 1.72. The highest BCUT2D eigenvalue weighted by Gasteiger charge is 2.37. The Balaban J connectivity index is 1.56. The smallest absolute Gasteiger partial charge is 0.227 e. The van der Waals surface area contributed by atoms with Crippen LogP contribution in [-0.2, 0) is 20.8 Å². The molecule has 4 rings (SSSR count). The van der Waals surface area contributed by atoms with E-state index in [9.17, 15) is 9.90 Å². The third-order valence-electron chi connectivity index (χ3n) is 7.25. The minimum atomic E-state index is -0.855. The van der Waals surface area contributed by atoms with E-state index >= 15 is 0 Å². The first-order chi connectivity index (χ1) is 17.5. The van der Waals surface area contributed by atoms with E-state index in [-0.39, 0.29) is 17.9 Å². The summed E-state index contributed by atoms with van der Waals surface area (Å²) in [5, 5.41) is 15.3. The van der Waals surface area contributed by atoms with E-state index < -0.39 is 6.23 Å². The van der Waals surface area contributed by atoms with E-state index in [0.29, 0.717) is 44.6 Å². The summed E-state index contributed by atoms with van der Waals surface area (Å²) >= 11 is 0. The van der Waals surface area contributed by atoms with Crippen molar-refractivity contribution in [2.45, 2.75) is 51.9 Å². The Morgan fingerprint density at radius 2 is 2.03 bits per heavy atom. The first kappa shape index (κ1) is 27.0. The number of benzene rings is 1. The SMILES string of the molecule is COCCCCn1c(C(O)N(CC(C)C)[C@@H]2CNCC(C(=O)N3CCOCC3)C2)nc2ccccc21. The number of nitrogens with zero attached hydrogens (tertiary/aromatic N) is 4. The summed E-state index contributed by atoms with van der Waals surface area (Å²) in [6.07, 6.45) is 1.76. The lowest BCUT2D eigenvalue weighted by atomic mass is 9.92. The lowest BCUT2D eigenvalue weighted by Crippen LogP contribution is -2.55. The molecule has 9 heteroatoms. The normalized spacial score (nSPS) is 22.0. The van der Waals surface area contributed by atoms with Crippen LogP contribution >= 0.6 is 0 Å². The molecule has 0 bridgehead atoms. The van der Waals surface area contributed by atoms with Crippen LogP contribution in [0.3, 0.4) is 0 Å².